The number of hydrogen-bond acceptors (Lipinski definition) is 5. The molecule has 2 aromatic rings. The fourth-order valence-electron chi connectivity index (χ4n) is 3.00. The molecular weight excluding hydrogens is 377 g/mol. The third kappa shape index (κ3) is 3.85. The molecule has 2 amide bonds. The molecule has 1 fully saturated rings. The number of hydrogen-bond donors (Lipinski definition) is 2. The molecule has 1 aromatic heterocycles. The van der Waals surface area contributed by atoms with E-state index in [-0.39, 0.29) is 18.4 Å². The van der Waals surface area contributed by atoms with E-state index in [4.69, 9.17) is 16.3 Å². The lowest BCUT2D eigenvalue weighted by molar-refractivity contribution is 0.0903. The van der Waals surface area contributed by atoms with Crippen LogP contribution >= 0.6 is 24.0 Å². The second-order valence-electron chi connectivity index (χ2n) is 6.07. The van der Waals surface area contributed by atoms with Gasteiger partial charge in [-0.25, -0.2) is 9.78 Å². The van der Waals surface area contributed by atoms with Gasteiger partial charge in [-0.3, -0.25) is 10.2 Å². The highest BCUT2D eigenvalue weighted by Gasteiger charge is 2.27. The van der Waals surface area contributed by atoms with Crippen LogP contribution in [-0.2, 0) is 11.3 Å². The van der Waals surface area contributed by atoms with Crippen LogP contribution in [0.3, 0.4) is 0 Å². The molecule has 0 atom stereocenters. The Morgan fingerprint density at radius 2 is 2.04 bits per heavy atom. The van der Waals surface area contributed by atoms with Gasteiger partial charge in [-0.1, -0.05) is 23.7 Å². The molecule has 138 valence electrons. The van der Waals surface area contributed by atoms with Gasteiger partial charge in [0.05, 0.1) is 17.3 Å². The summed E-state index contributed by atoms with van der Waals surface area (Å²) in [7, 11) is 0. The summed E-state index contributed by atoms with van der Waals surface area (Å²) in [5, 5.41) is 6.66. The molecule has 0 aliphatic carbocycles. The quantitative estimate of drug-likeness (QED) is 0.827. The molecule has 0 bridgehead atoms. The van der Waals surface area contributed by atoms with Gasteiger partial charge in [0.1, 0.15) is 5.82 Å². The standard InChI is InChI=1S/C17H18ClN5O2.ClH/c18-13-3-1-2-4-14(13)23-10-11-9-19-16(21-15(11)22-17(23)24)20-12-5-7-25-8-6-12;/h1-4,9,12H,5-8,10H2,(H2,19,20,21,22,24);1H. The lowest BCUT2D eigenvalue weighted by atomic mass is 10.1. The Kier molecular flexibility index (Phi) is 5.80. The highest BCUT2D eigenvalue weighted by Crippen LogP contribution is 2.31. The Balaban J connectivity index is 0.00000196. The third-order valence-electron chi connectivity index (χ3n) is 4.36. The number of fused-ring (bicyclic) bond motifs is 1. The Hall–Kier alpha value is -2.09. The summed E-state index contributed by atoms with van der Waals surface area (Å²) in [6.45, 7) is 1.86. The van der Waals surface area contributed by atoms with E-state index in [2.05, 4.69) is 20.6 Å². The van der Waals surface area contributed by atoms with Gasteiger partial charge in [-0.05, 0) is 25.0 Å². The molecule has 2 aliphatic heterocycles. The van der Waals surface area contributed by atoms with Gasteiger partial charge >= 0.3 is 6.03 Å². The fraction of sp³-hybridized carbons (Fsp3) is 0.353. The van der Waals surface area contributed by atoms with Crippen LogP contribution < -0.4 is 15.5 Å². The zero-order valence-corrected chi connectivity index (χ0v) is 15.5. The van der Waals surface area contributed by atoms with Crippen molar-refractivity contribution in [1.82, 2.24) is 9.97 Å². The number of amides is 2. The van der Waals surface area contributed by atoms with Crippen LogP contribution in [0.1, 0.15) is 18.4 Å². The van der Waals surface area contributed by atoms with E-state index in [1.165, 1.54) is 0 Å². The molecule has 0 unspecified atom stereocenters. The smallest absolute Gasteiger partial charge is 0.327 e. The molecule has 0 saturated carbocycles. The van der Waals surface area contributed by atoms with Crippen molar-refractivity contribution in [2.75, 3.05) is 28.7 Å². The average molecular weight is 396 g/mol. The zero-order valence-electron chi connectivity index (χ0n) is 13.9. The number of halogens is 2. The van der Waals surface area contributed by atoms with Crippen LogP contribution in [0.15, 0.2) is 30.5 Å². The number of rotatable bonds is 3. The summed E-state index contributed by atoms with van der Waals surface area (Å²) in [6, 6.07) is 7.30. The predicted octanol–water partition coefficient (Wildman–Crippen LogP) is 3.69. The molecule has 26 heavy (non-hydrogen) atoms. The van der Waals surface area contributed by atoms with Crippen molar-refractivity contribution in [3.8, 4) is 0 Å². The van der Waals surface area contributed by atoms with Gasteiger partial charge in [0.25, 0.3) is 0 Å². The summed E-state index contributed by atoms with van der Waals surface area (Å²) in [6.07, 6.45) is 3.59. The maximum Gasteiger partial charge on any atom is 0.327 e. The largest absolute Gasteiger partial charge is 0.381 e. The Morgan fingerprint density at radius 1 is 1.27 bits per heavy atom. The summed E-state index contributed by atoms with van der Waals surface area (Å²) in [5.74, 6) is 1.06. The topological polar surface area (TPSA) is 79.4 Å². The Morgan fingerprint density at radius 3 is 2.81 bits per heavy atom. The number of urea groups is 1. The van der Waals surface area contributed by atoms with Crippen molar-refractivity contribution in [2.24, 2.45) is 0 Å². The predicted molar refractivity (Wildman–Crippen MR) is 103 cm³/mol. The first kappa shape index (κ1) is 18.7. The number of nitrogens with one attached hydrogen (secondary N) is 2. The number of aromatic nitrogens is 2. The monoisotopic (exact) mass is 395 g/mol. The van der Waals surface area contributed by atoms with Gasteiger partial charge in [0.2, 0.25) is 5.95 Å². The van der Waals surface area contributed by atoms with E-state index in [0.29, 0.717) is 35.1 Å². The van der Waals surface area contributed by atoms with Gasteiger partial charge in [0, 0.05) is 31.0 Å². The van der Waals surface area contributed by atoms with E-state index in [9.17, 15) is 4.79 Å². The van der Waals surface area contributed by atoms with Crippen LogP contribution in [0, 0.1) is 0 Å². The van der Waals surface area contributed by atoms with Crippen LogP contribution in [0.2, 0.25) is 5.02 Å². The summed E-state index contributed by atoms with van der Waals surface area (Å²) < 4.78 is 5.35. The summed E-state index contributed by atoms with van der Waals surface area (Å²) in [5.41, 5.74) is 1.51. The maximum absolute atomic E-state index is 12.5. The lowest BCUT2D eigenvalue weighted by Crippen LogP contribution is -2.39. The van der Waals surface area contributed by atoms with Gasteiger partial charge in [-0.15, -0.1) is 12.4 Å². The molecule has 7 nitrogen and oxygen atoms in total. The molecule has 2 N–H and O–H groups in total. The number of para-hydroxylation sites is 1. The highest BCUT2D eigenvalue weighted by atomic mass is 35.5. The fourth-order valence-corrected chi connectivity index (χ4v) is 3.24. The molecular formula is C17H19Cl2N5O2. The first-order valence-electron chi connectivity index (χ1n) is 8.24. The van der Waals surface area contributed by atoms with Crippen molar-refractivity contribution in [3.63, 3.8) is 0 Å². The number of anilines is 3. The lowest BCUT2D eigenvalue weighted by Gasteiger charge is -2.29. The maximum atomic E-state index is 12.5. The Bertz CT molecular complexity index is 798. The molecule has 1 aromatic carbocycles. The van der Waals surface area contributed by atoms with E-state index in [1.54, 1.807) is 17.2 Å². The van der Waals surface area contributed by atoms with Crippen molar-refractivity contribution in [2.45, 2.75) is 25.4 Å². The van der Waals surface area contributed by atoms with Crippen LogP contribution in [0.25, 0.3) is 0 Å². The molecule has 0 spiro atoms. The summed E-state index contributed by atoms with van der Waals surface area (Å²) >= 11 is 6.21. The van der Waals surface area contributed by atoms with Crippen molar-refractivity contribution in [3.05, 3.63) is 41.0 Å². The van der Waals surface area contributed by atoms with Gasteiger partial charge in [-0.2, -0.15) is 4.98 Å². The van der Waals surface area contributed by atoms with Crippen molar-refractivity contribution >= 4 is 47.5 Å². The average Bonchev–Trinajstić information content (AvgIpc) is 2.63. The van der Waals surface area contributed by atoms with Gasteiger partial charge < -0.3 is 10.1 Å². The van der Waals surface area contributed by atoms with Crippen molar-refractivity contribution in [1.29, 1.82) is 0 Å². The van der Waals surface area contributed by atoms with Crippen LogP contribution in [0.4, 0.5) is 22.2 Å². The van der Waals surface area contributed by atoms with E-state index >= 15 is 0 Å². The molecule has 9 heteroatoms. The second-order valence-corrected chi connectivity index (χ2v) is 6.47. The minimum absolute atomic E-state index is 0. The number of carbonyl (C=O) groups excluding carboxylic acids is 1. The number of carbonyl (C=O) groups is 1. The molecule has 4 rings (SSSR count). The minimum Gasteiger partial charge on any atom is -0.381 e. The van der Waals surface area contributed by atoms with Gasteiger partial charge in [0.15, 0.2) is 0 Å². The first-order valence-corrected chi connectivity index (χ1v) is 8.62. The highest BCUT2D eigenvalue weighted by molar-refractivity contribution is 6.34. The number of benzene rings is 1. The zero-order chi connectivity index (χ0) is 17.2. The molecule has 3 heterocycles. The van der Waals surface area contributed by atoms with Crippen LogP contribution in [0.5, 0.6) is 0 Å². The van der Waals surface area contributed by atoms with E-state index < -0.39 is 0 Å². The van der Waals surface area contributed by atoms with E-state index in [1.807, 2.05) is 18.2 Å². The van der Waals surface area contributed by atoms with Crippen molar-refractivity contribution < 1.29 is 9.53 Å². The Labute approximate surface area is 162 Å². The minimum atomic E-state index is -0.253. The molecule has 2 aliphatic rings. The van der Waals surface area contributed by atoms with Crippen LogP contribution in [-0.4, -0.2) is 35.3 Å². The summed E-state index contributed by atoms with van der Waals surface area (Å²) in [4.78, 5) is 22.9. The normalized spacial score (nSPS) is 17.1. The SMILES string of the molecule is Cl.O=C1Nc2nc(NC3CCOCC3)ncc2CN1c1ccccc1Cl. The van der Waals surface area contributed by atoms with E-state index in [0.717, 1.165) is 31.6 Å². The second kappa shape index (κ2) is 8.07. The number of nitrogens with zero attached hydrogens (tertiary/aromatic N) is 3. The first-order chi connectivity index (χ1) is 12.2. The molecule has 0 radical (unpaired) electrons. The third-order valence-corrected chi connectivity index (χ3v) is 4.68. The molecule has 1 saturated heterocycles. The number of ether oxygens (including phenoxy) is 1.